The minimum atomic E-state index is -4.51. The minimum absolute atomic E-state index is 0.0269. The number of ether oxygens (including phenoxy) is 2. The molecule has 0 unspecified atom stereocenters. The van der Waals surface area contributed by atoms with Crippen molar-refractivity contribution in [1.29, 1.82) is 0 Å². The summed E-state index contributed by atoms with van der Waals surface area (Å²) in [6, 6.07) is 11.4. The van der Waals surface area contributed by atoms with E-state index in [2.05, 4.69) is 5.32 Å². The molecular formula is C20H20F3NO4. The van der Waals surface area contributed by atoms with Gasteiger partial charge in [-0.1, -0.05) is 18.2 Å². The van der Waals surface area contributed by atoms with Gasteiger partial charge in [0.25, 0.3) is 5.91 Å². The molecule has 0 spiro atoms. The van der Waals surface area contributed by atoms with Crippen molar-refractivity contribution in [3.63, 3.8) is 0 Å². The predicted molar refractivity (Wildman–Crippen MR) is 96.9 cm³/mol. The number of hydrogen-bond acceptors (Lipinski definition) is 4. The smallest absolute Gasteiger partial charge is 0.416 e. The number of hydrogen-bond donors (Lipinski definition) is 1. The summed E-state index contributed by atoms with van der Waals surface area (Å²) >= 11 is 0. The van der Waals surface area contributed by atoms with Gasteiger partial charge in [-0.15, -0.1) is 0 Å². The average Bonchev–Trinajstić information content (AvgIpc) is 2.66. The maximum absolute atomic E-state index is 12.7. The molecule has 1 amide bonds. The molecule has 0 aliphatic carbocycles. The van der Waals surface area contributed by atoms with Gasteiger partial charge in [-0.2, -0.15) is 13.2 Å². The molecule has 1 N–H and O–H groups in total. The molecule has 0 heterocycles. The summed E-state index contributed by atoms with van der Waals surface area (Å²) in [7, 11) is 1.55. The van der Waals surface area contributed by atoms with Crippen molar-refractivity contribution in [2.75, 3.05) is 12.4 Å². The van der Waals surface area contributed by atoms with Crippen LogP contribution in [0.4, 0.5) is 18.9 Å². The normalized spacial score (nSPS) is 12.2. The van der Waals surface area contributed by atoms with Crippen LogP contribution in [-0.2, 0) is 26.9 Å². The lowest BCUT2D eigenvalue weighted by Gasteiger charge is -2.14. The zero-order valence-electron chi connectivity index (χ0n) is 15.4. The summed E-state index contributed by atoms with van der Waals surface area (Å²) in [5.41, 5.74) is -0.00536. The van der Waals surface area contributed by atoms with Crippen LogP contribution in [-0.4, -0.2) is 25.1 Å². The van der Waals surface area contributed by atoms with Crippen molar-refractivity contribution >= 4 is 17.6 Å². The zero-order chi connectivity index (χ0) is 20.7. The van der Waals surface area contributed by atoms with E-state index in [1.807, 2.05) is 12.1 Å². The molecule has 0 aliphatic rings. The molecule has 0 bridgehead atoms. The summed E-state index contributed by atoms with van der Waals surface area (Å²) in [5.74, 6) is -0.592. The number of benzene rings is 2. The fraction of sp³-hybridized carbons (Fsp3) is 0.300. The Labute approximate surface area is 160 Å². The highest BCUT2D eigenvalue weighted by Gasteiger charge is 2.30. The molecule has 2 aromatic carbocycles. The van der Waals surface area contributed by atoms with Gasteiger partial charge in [0.2, 0.25) is 0 Å². The monoisotopic (exact) mass is 395 g/mol. The first-order valence-corrected chi connectivity index (χ1v) is 8.49. The molecule has 5 nitrogen and oxygen atoms in total. The van der Waals surface area contributed by atoms with Gasteiger partial charge in [-0.25, -0.2) is 0 Å². The van der Waals surface area contributed by atoms with Crippen molar-refractivity contribution in [2.45, 2.75) is 32.0 Å². The first-order chi connectivity index (χ1) is 13.2. The van der Waals surface area contributed by atoms with Crippen LogP contribution in [0.15, 0.2) is 48.5 Å². The number of nitrogens with one attached hydrogen (secondary N) is 1. The Balaban J connectivity index is 1.85. The van der Waals surface area contributed by atoms with Crippen LogP contribution in [0.1, 0.15) is 24.5 Å². The van der Waals surface area contributed by atoms with E-state index in [1.54, 1.807) is 19.2 Å². The highest BCUT2D eigenvalue weighted by Crippen LogP contribution is 2.30. The van der Waals surface area contributed by atoms with E-state index in [4.69, 9.17) is 9.47 Å². The standard InChI is InChI=1S/C20H20F3NO4/c1-13(19(26)24-16-5-3-4-15(12-16)20(21,22)23)28-18(25)11-8-14-6-9-17(27-2)10-7-14/h3-7,9-10,12-13H,8,11H2,1-2H3,(H,24,26)/t13-/m1/s1. The van der Waals surface area contributed by atoms with Crippen molar-refractivity contribution < 1.29 is 32.2 Å². The van der Waals surface area contributed by atoms with Gasteiger partial charge >= 0.3 is 12.1 Å². The Morgan fingerprint density at radius 2 is 1.79 bits per heavy atom. The number of aryl methyl sites for hydroxylation is 1. The van der Waals surface area contributed by atoms with Crippen molar-refractivity contribution in [1.82, 2.24) is 0 Å². The minimum Gasteiger partial charge on any atom is -0.497 e. The Hall–Kier alpha value is -3.03. The van der Waals surface area contributed by atoms with Crippen molar-refractivity contribution in [3.8, 4) is 5.75 Å². The van der Waals surface area contributed by atoms with Gasteiger partial charge in [0.05, 0.1) is 12.7 Å². The Kier molecular flexibility index (Phi) is 7.03. The highest BCUT2D eigenvalue weighted by atomic mass is 19.4. The molecule has 28 heavy (non-hydrogen) atoms. The van der Waals surface area contributed by atoms with E-state index < -0.39 is 29.7 Å². The third-order valence-electron chi connectivity index (χ3n) is 3.91. The van der Waals surface area contributed by atoms with E-state index in [1.165, 1.54) is 19.1 Å². The van der Waals surface area contributed by atoms with E-state index in [0.717, 1.165) is 17.7 Å². The van der Waals surface area contributed by atoms with Crippen LogP contribution in [0.3, 0.4) is 0 Å². The number of halogens is 3. The molecule has 2 aromatic rings. The van der Waals surface area contributed by atoms with E-state index >= 15 is 0 Å². The first-order valence-electron chi connectivity index (χ1n) is 8.49. The molecule has 1 atom stereocenters. The topological polar surface area (TPSA) is 64.6 Å². The lowest BCUT2D eigenvalue weighted by Crippen LogP contribution is -2.30. The fourth-order valence-corrected chi connectivity index (χ4v) is 2.37. The van der Waals surface area contributed by atoms with E-state index in [-0.39, 0.29) is 12.1 Å². The van der Waals surface area contributed by atoms with Crippen molar-refractivity contribution in [2.24, 2.45) is 0 Å². The summed E-state index contributed by atoms with van der Waals surface area (Å²) in [5, 5.41) is 2.32. The SMILES string of the molecule is COc1ccc(CCC(=O)O[C@H](C)C(=O)Nc2cccc(C(F)(F)F)c2)cc1. The van der Waals surface area contributed by atoms with Gasteiger partial charge in [0, 0.05) is 12.1 Å². The number of alkyl halides is 3. The molecule has 0 fully saturated rings. The van der Waals surface area contributed by atoms with Crippen LogP contribution in [0.2, 0.25) is 0 Å². The number of anilines is 1. The molecule has 0 radical (unpaired) electrons. The fourth-order valence-electron chi connectivity index (χ4n) is 2.37. The summed E-state index contributed by atoms with van der Waals surface area (Å²) < 4.78 is 48.2. The van der Waals surface area contributed by atoms with Gasteiger partial charge in [-0.3, -0.25) is 9.59 Å². The van der Waals surface area contributed by atoms with E-state index in [0.29, 0.717) is 12.2 Å². The largest absolute Gasteiger partial charge is 0.497 e. The summed E-state index contributed by atoms with van der Waals surface area (Å²) in [6.07, 6.45) is -5.17. The average molecular weight is 395 g/mol. The third kappa shape index (κ3) is 6.29. The number of carbonyl (C=O) groups excluding carboxylic acids is 2. The van der Waals surface area contributed by atoms with E-state index in [9.17, 15) is 22.8 Å². The Morgan fingerprint density at radius 3 is 2.39 bits per heavy atom. The second-order valence-electron chi connectivity index (χ2n) is 6.05. The number of esters is 1. The third-order valence-corrected chi connectivity index (χ3v) is 3.91. The lowest BCUT2D eigenvalue weighted by atomic mass is 10.1. The number of carbonyl (C=O) groups is 2. The summed E-state index contributed by atoms with van der Waals surface area (Å²) in [4.78, 5) is 24.0. The zero-order valence-corrected chi connectivity index (χ0v) is 15.4. The second kappa shape index (κ2) is 9.25. The van der Waals surface area contributed by atoms with Gasteiger partial charge < -0.3 is 14.8 Å². The molecule has 0 aromatic heterocycles. The van der Waals surface area contributed by atoms with Crippen LogP contribution >= 0.6 is 0 Å². The second-order valence-corrected chi connectivity index (χ2v) is 6.05. The highest BCUT2D eigenvalue weighted by molar-refractivity contribution is 5.95. The van der Waals surface area contributed by atoms with Gasteiger partial charge in [0.1, 0.15) is 5.75 Å². The number of amides is 1. The van der Waals surface area contributed by atoms with Gasteiger partial charge in [-0.05, 0) is 49.2 Å². The van der Waals surface area contributed by atoms with Crippen LogP contribution in [0.5, 0.6) is 5.75 Å². The first kappa shape index (κ1) is 21.3. The molecule has 150 valence electrons. The lowest BCUT2D eigenvalue weighted by molar-refractivity contribution is -0.153. The molecule has 0 saturated carbocycles. The number of rotatable bonds is 7. The molecule has 8 heteroatoms. The molecule has 0 saturated heterocycles. The van der Waals surface area contributed by atoms with Crippen LogP contribution in [0, 0.1) is 0 Å². The van der Waals surface area contributed by atoms with Crippen molar-refractivity contribution in [3.05, 3.63) is 59.7 Å². The quantitative estimate of drug-likeness (QED) is 0.713. The Morgan fingerprint density at radius 1 is 1.11 bits per heavy atom. The molecular weight excluding hydrogens is 375 g/mol. The van der Waals surface area contributed by atoms with Gasteiger partial charge in [0.15, 0.2) is 6.10 Å². The predicted octanol–water partition coefficient (Wildman–Crippen LogP) is 4.22. The number of methoxy groups -OCH3 is 1. The van der Waals surface area contributed by atoms with Crippen LogP contribution in [0.25, 0.3) is 0 Å². The maximum atomic E-state index is 12.7. The molecule has 0 aliphatic heterocycles. The molecule has 2 rings (SSSR count). The Bertz CT molecular complexity index is 819. The maximum Gasteiger partial charge on any atom is 0.416 e. The van der Waals surface area contributed by atoms with Crippen LogP contribution < -0.4 is 10.1 Å². The summed E-state index contributed by atoms with van der Waals surface area (Å²) in [6.45, 7) is 1.36.